The molecule has 1 rings (SSSR count). The number of aryl methyl sites for hydroxylation is 3. The standard InChI is InChI=1S/C16H25NS/c1-6-8-18-9-7-17-15(5)16-13(3)10-12(2)11-14(16)4/h6,10-11,15,17H,1,7-9H2,2-5H3. The minimum Gasteiger partial charge on any atom is -0.309 e. The van der Waals surface area contributed by atoms with Crippen molar-refractivity contribution in [3.8, 4) is 0 Å². The maximum atomic E-state index is 3.73. The Morgan fingerprint density at radius 3 is 2.44 bits per heavy atom. The van der Waals surface area contributed by atoms with E-state index in [1.54, 1.807) is 0 Å². The summed E-state index contributed by atoms with van der Waals surface area (Å²) in [4.78, 5) is 0. The van der Waals surface area contributed by atoms with E-state index >= 15 is 0 Å². The zero-order valence-electron chi connectivity index (χ0n) is 12.0. The molecule has 1 unspecified atom stereocenters. The second-order valence-corrected chi connectivity index (χ2v) is 6.00. The summed E-state index contributed by atoms with van der Waals surface area (Å²) in [6, 6.07) is 4.97. The average Bonchev–Trinajstić information content (AvgIpc) is 2.27. The van der Waals surface area contributed by atoms with Crippen LogP contribution in [0.4, 0.5) is 0 Å². The maximum Gasteiger partial charge on any atom is 0.0297 e. The molecule has 1 atom stereocenters. The van der Waals surface area contributed by atoms with Gasteiger partial charge in [0, 0.05) is 24.1 Å². The Labute approximate surface area is 116 Å². The smallest absolute Gasteiger partial charge is 0.0297 e. The summed E-state index contributed by atoms with van der Waals surface area (Å²) in [5.74, 6) is 2.18. The molecule has 100 valence electrons. The van der Waals surface area contributed by atoms with E-state index in [4.69, 9.17) is 0 Å². The van der Waals surface area contributed by atoms with Crippen molar-refractivity contribution >= 4 is 11.8 Å². The fourth-order valence-corrected chi connectivity index (χ4v) is 3.09. The van der Waals surface area contributed by atoms with Crippen LogP contribution in [0.3, 0.4) is 0 Å². The predicted molar refractivity (Wildman–Crippen MR) is 84.6 cm³/mol. The van der Waals surface area contributed by atoms with E-state index in [-0.39, 0.29) is 0 Å². The van der Waals surface area contributed by atoms with Gasteiger partial charge in [-0.3, -0.25) is 0 Å². The third-order valence-electron chi connectivity index (χ3n) is 3.10. The fourth-order valence-electron chi connectivity index (χ4n) is 2.49. The first kappa shape index (κ1) is 15.3. The Kier molecular flexibility index (Phi) is 6.51. The Hall–Kier alpha value is -0.730. The number of benzene rings is 1. The molecule has 1 aromatic carbocycles. The number of thioether (sulfide) groups is 1. The van der Waals surface area contributed by atoms with Crippen molar-refractivity contribution in [2.24, 2.45) is 0 Å². The van der Waals surface area contributed by atoms with Crippen LogP contribution in [-0.4, -0.2) is 18.1 Å². The molecule has 1 aromatic rings. The van der Waals surface area contributed by atoms with Crippen LogP contribution in [0, 0.1) is 20.8 Å². The second kappa shape index (κ2) is 7.65. The van der Waals surface area contributed by atoms with Crippen LogP contribution in [0.15, 0.2) is 24.8 Å². The number of hydrogen-bond acceptors (Lipinski definition) is 2. The van der Waals surface area contributed by atoms with Gasteiger partial charge in [-0.25, -0.2) is 0 Å². The molecule has 0 radical (unpaired) electrons. The van der Waals surface area contributed by atoms with Gasteiger partial charge in [0.25, 0.3) is 0 Å². The highest BCUT2D eigenvalue weighted by atomic mass is 32.2. The molecule has 0 spiro atoms. The average molecular weight is 263 g/mol. The maximum absolute atomic E-state index is 3.73. The lowest BCUT2D eigenvalue weighted by Crippen LogP contribution is -2.23. The lowest BCUT2D eigenvalue weighted by atomic mass is 9.95. The molecular weight excluding hydrogens is 238 g/mol. The quantitative estimate of drug-likeness (QED) is 0.585. The van der Waals surface area contributed by atoms with E-state index in [0.717, 1.165) is 18.1 Å². The first-order valence-electron chi connectivity index (χ1n) is 6.56. The molecule has 0 aliphatic carbocycles. The highest BCUT2D eigenvalue weighted by Crippen LogP contribution is 2.23. The van der Waals surface area contributed by atoms with Crippen molar-refractivity contribution in [2.75, 3.05) is 18.1 Å². The molecule has 0 saturated heterocycles. The topological polar surface area (TPSA) is 12.0 Å². The van der Waals surface area contributed by atoms with Crippen molar-refractivity contribution in [2.45, 2.75) is 33.7 Å². The monoisotopic (exact) mass is 263 g/mol. The minimum absolute atomic E-state index is 0.426. The van der Waals surface area contributed by atoms with Crippen LogP contribution in [0.2, 0.25) is 0 Å². The van der Waals surface area contributed by atoms with Gasteiger partial charge in [0.05, 0.1) is 0 Å². The molecule has 0 amide bonds. The van der Waals surface area contributed by atoms with Gasteiger partial charge in [-0.05, 0) is 44.4 Å². The second-order valence-electron chi connectivity index (χ2n) is 4.85. The highest BCUT2D eigenvalue weighted by Gasteiger charge is 2.10. The van der Waals surface area contributed by atoms with E-state index in [1.165, 1.54) is 22.3 Å². The molecular formula is C16H25NS. The zero-order chi connectivity index (χ0) is 13.5. The molecule has 0 bridgehead atoms. The fraction of sp³-hybridized carbons (Fsp3) is 0.500. The molecule has 0 fully saturated rings. The first-order chi connectivity index (χ1) is 8.56. The summed E-state index contributed by atoms with van der Waals surface area (Å²) in [6.45, 7) is 13.6. The van der Waals surface area contributed by atoms with Gasteiger partial charge >= 0.3 is 0 Å². The van der Waals surface area contributed by atoms with E-state index in [1.807, 2.05) is 17.8 Å². The molecule has 0 saturated carbocycles. The van der Waals surface area contributed by atoms with E-state index in [0.29, 0.717) is 6.04 Å². The van der Waals surface area contributed by atoms with E-state index in [2.05, 4.69) is 51.7 Å². The van der Waals surface area contributed by atoms with Gasteiger partial charge in [-0.15, -0.1) is 6.58 Å². The van der Waals surface area contributed by atoms with Crippen LogP contribution < -0.4 is 5.32 Å². The van der Waals surface area contributed by atoms with Crippen LogP contribution in [0.25, 0.3) is 0 Å². The molecule has 0 aromatic heterocycles. The third-order valence-corrected chi connectivity index (χ3v) is 4.07. The molecule has 1 N–H and O–H groups in total. The van der Waals surface area contributed by atoms with Crippen molar-refractivity contribution in [1.29, 1.82) is 0 Å². The molecule has 18 heavy (non-hydrogen) atoms. The molecule has 0 heterocycles. The van der Waals surface area contributed by atoms with Crippen molar-refractivity contribution in [3.63, 3.8) is 0 Å². The first-order valence-corrected chi connectivity index (χ1v) is 7.71. The van der Waals surface area contributed by atoms with Gasteiger partial charge in [-0.2, -0.15) is 11.8 Å². The van der Waals surface area contributed by atoms with Gasteiger partial charge < -0.3 is 5.32 Å². The summed E-state index contributed by atoms with van der Waals surface area (Å²) < 4.78 is 0. The summed E-state index contributed by atoms with van der Waals surface area (Å²) in [5, 5.41) is 3.60. The predicted octanol–water partition coefficient (Wildman–Crippen LogP) is 4.18. The molecule has 0 aliphatic rings. The molecule has 0 aliphatic heterocycles. The Morgan fingerprint density at radius 1 is 1.28 bits per heavy atom. The van der Waals surface area contributed by atoms with Crippen molar-refractivity contribution in [1.82, 2.24) is 5.32 Å². The largest absolute Gasteiger partial charge is 0.309 e. The Balaban J connectivity index is 2.56. The van der Waals surface area contributed by atoms with Gasteiger partial charge in [0.15, 0.2) is 0 Å². The van der Waals surface area contributed by atoms with Crippen LogP contribution in [0.1, 0.15) is 35.2 Å². The van der Waals surface area contributed by atoms with Gasteiger partial charge in [0.2, 0.25) is 0 Å². The van der Waals surface area contributed by atoms with Crippen LogP contribution in [-0.2, 0) is 0 Å². The minimum atomic E-state index is 0.426. The zero-order valence-corrected chi connectivity index (χ0v) is 12.9. The van der Waals surface area contributed by atoms with Crippen LogP contribution >= 0.6 is 11.8 Å². The van der Waals surface area contributed by atoms with E-state index in [9.17, 15) is 0 Å². The number of hydrogen-bond donors (Lipinski definition) is 1. The summed E-state index contributed by atoms with van der Waals surface area (Å²) in [5.41, 5.74) is 5.59. The summed E-state index contributed by atoms with van der Waals surface area (Å²) >= 11 is 1.92. The SMILES string of the molecule is C=CCSCCNC(C)c1c(C)cc(C)cc1C. The van der Waals surface area contributed by atoms with Crippen molar-refractivity contribution in [3.05, 3.63) is 47.0 Å². The molecule has 1 nitrogen and oxygen atoms in total. The Bertz CT molecular complexity index is 375. The van der Waals surface area contributed by atoms with Crippen LogP contribution in [0.5, 0.6) is 0 Å². The molecule has 2 heteroatoms. The normalized spacial score (nSPS) is 12.4. The lowest BCUT2D eigenvalue weighted by molar-refractivity contribution is 0.595. The van der Waals surface area contributed by atoms with Gasteiger partial charge in [0.1, 0.15) is 0 Å². The summed E-state index contributed by atoms with van der Waals surface area (Å²) in [7, 11) is 0. The number of nitrogens with one attached hydrogen (secondary N) is 1. The van der Waals surface area contributed by atoms with Crippen molar-refractivity contribution < 1.29 is 0 Å². The van der Waals surface area contributed by atoms with E-state index < -0.39 is 0 Å². The summed E-state index contributed by atoms with van der Waals surface area (Å²) in [6.07, 6.45) is 1.96. The Morgan fingerprint density at radius 2 is 1.89 bits per heavy atom. The lowest BCUT2D eigenvalue weighted by Gasteiger charge is -2.19. The number of rotatable bonds is 7. The highest BCUT2D eigenvalue weighted by molar-refractivity contribution is 7.99. The van der Waals surface area contributed by atoms with Gasteiger partial charge in [-0.1, -0.05) is 23.8 Å². The third kappa shape index (κ3) is 4.51.